The molecule has 2 N–H and O–H groups in total. The molecule has 8 nitrogen and oxygen atoms in total. The third-order valence-electron chi connectivity index (χ3n) is 5.36. The van der Waals surface area contributed by atoms with Gasteiger partial charge in [0.1, 0.15) is 17.1 Å². The SMILES string of the molecule is COC(=O)N/C=C/CCCc1cc(O)c(C(=O)C(C)(C)CCCc2ccc(OCC(F)(F)F)s2)c(=O)o1. The fraction of sp³-hybridized carbons (Fsp3) is 0.480. The largest absolute Gasteiger partial charge is 0.507 e. The first-order valence-corrected chi connectivity index (χ1v) is 12.3. The number of ketones is 1. The Hall–Kier alpha value is -3.28. The maximum atomic E-state index is 13.1. The van der Waals surface area contributed by atoms with Crippen molar-refractivity contribution in [3.8, 4) is 10.8 Å². The number of ether oxygens (including phenoxy) is 2. The zero-order valence-electron chi connectivity index (χ0n) is 20.8. The molecule has 2 rings (SSSR count). The molecule has 0 aromatic carbocycles. The van der Waals surface area contributed by atoms with Crippen molar-refractivity contribution in [2.24, 2.45) is 5.41 Å². The average molecular weight is 546 g/mol. The lowest BCUT2D eigenvalue weighted by Gasteiger charge is -2.22. The van der Waals surface area contributed by atoms with Gasteiger partial charge in [0.25, 0.3) is 0 Å². The number of aromatic hydroxyl groups is 1. The van der Waals surface area contributed by atoms with Gasteiger partial charge in [-0.15, -0.1) is 11.3 Å². The van der Waals surface area contributed by atoms with Crippen molar-refractivity contribution in [3.05, 3.63) is 57.1 Å². The maximum Gasteiger partial charge on any atom is 0.422 e. The van der Waals surface area contributed by atoms with E-state index in [1.54, 1.807) is 26.0 Å². The monoisotopic (exact) mass is 545 g/mol. The van der Waals surface area contributed by atoms with E-state index in [0.717, 1.165) is 16.2 Å². The summed E-state index contributed by atoms with van der Waals surface area (Å²) >= 11 is 1.11. The van der Waals surface area contributed by atoms with E-state index in [1.165, 1.54) is 25.4 Å². The van der Waals surface area contributed by atoms with Gasteiger partial charge in [-0.1, -0.05) is 19.9 Å². The summed E-state index contributed by atoms with van der Waals surface area (Å²) in [5.41, 5.74) is -2.31. The molecule has 0 fully saturated rings. The summed E-state index contributed by atoms with van der Waals surface area (Å²) in [6, 6.07) is 4.41. The van der Waals surface area contributed by atoms with Gasteiger partial charge in [-0.2, -0.15) is 13.2 Å². The zero-order chi connectivity index (χ0) is 27.6. The van der Waals surface area contributed by atoms with Crippen LogP contribution in [0.5, 0.6) is 10.8 Å². The van der Waals surface area contributed by atoms with E-state index in [9.17, 15) is 32.7 Å². The van der Waals surface area contributed by atoms with Gasteiger partial charge < -0.3 is 19.0 Å². The van der Waals surface area contributed by atoms with Gasteiger partial charge in [-0.3, -0.25) is 10.1 Å². The molecule has 0 unspecified atom stereocenters. The number of alkyl carbamates (subject to hydrolysis) is 1. The van der Waals surface area contributed by atoms with Crippen LogP contribution in [0.4, 0.5) is 18.0 Å². The quantitative estimate of drug-likeness (QED) is 0.242. The van der Waals surface area contributed by atoms with Crippen LogP contribution in [0.15, 0.2) is 39.7 Å². The van der Waals surface area contributed by atoms with Crippen molar-refractivity contribution in [2.45, 2.75) is 58.5 Å². The Morgan fingerprint density at radius 2 is 1.92 bits per heavy atom. The first-order chi connectivity index (χ1) is 17.3. The lowest BCUT2D eigenvalue weighted by molar-refractivity contribution is -0.152. The lowest BCUT2D eigenvalue weighted by atomic mass is 9.80. The van der Waals surface area contributed by atoms with Crippen molar-refractivity contribution in [3.63, 3.8) is 0 Å². The number of thiophene rings is 1. The normalized spacial score (nSPS) is 12.1. The van der Waals surface area contributed by atoms with Crippen LogP contribution in [0.2, 0.25) is 0 Å². The maximum absolute atomic E-state index is 13.1. The van der Waals surface area contributed by atoms with Gasteiger partial charge in [0.2, 0.25) is 0 Å². The van der Waals surface area contributed by atoms with Gasteiger partial charge in [0.05, 0.1) is 7.11 Å². The number of rotatable bonds is 13. The van der Waals surface area contributed by atoms with Crippen molar-refractivity contribution in [1.82, 2.24) is 5.32 Å². The molecule has 1 amide bonds. The van der Waals surface area contributed by atoms with Crippen LogP contribution in [-0.4, -0.2) is 36.9 Å². The molecule has 0 spiro atoms. The van der Waals surface area contributed by atoms with E-state index in [4.69, 9.17) is 9.15 Å². The third kappa shape index (κ3) is 9.95. The molecular formula is C25H30F3NO7S. The van der Waals surface area contributed by atoms with Crippen LogP contribution in [-0.2, 0) is 17.6 Å². The highest BCUT2D eigenvalue weighted by molar-refractivity contribution is 7.13. The molecule has 0 saturated heterocycles. The van der Waals surface area contributed by atoms with Crippen molar-refractivity contribution < 1.29 is 41.8 Å². The van der Waals surface area contributed by atoms with Crippen molar-refractivity contribution in [2.75, 3.05) is 13.7 Å². The fourth-order valence-corrected chi connectivity index (χ4v) is 4.30. The number of halogens is 3. The smallest absolute Gasteiger partial charge is 0.422 e. The summed E-state index contributed by atoms with van der Waals surface area (Å²) in [4.78, 5) is 37.3. The fourth-order valence-electron chi connectivity index (χ4n) is 3.40. The highest BCUT2D eigenvalue weighted by atomic mass is 32.1. The minimum atomic E-state index is -4.41. The Balaban J connectivity index is 1.91. The Bertz CT molecular complexity index is 1150. The molecule has 2 aromatic heterocycles. The summed E-state index contributed by atoms with van der Waals surface area (Å²) in [5.74, 6) is -0.771. The van der Waals surface area contributed by atoms with E-state index < -0.39 is 47.0 Å². The molecule has 2 heterocycles. The summed E-state index contributed by atoms with van der Waals surface area (Å²) in [7, 11) is 1.25. The van der Waals surface area contributed by atoms with E-state index in [1.807, 2.05) is 0 Å². The van der Waals surface area contributed by atoms with Gasteiger partial charge >= 0.3 is 17.9 Å². The van der Waals surface area contributed by atoms with Crippen LogP contribution >= 0.6 is 11.3 Å². The summed E-state index contributed by atoms with van der Waals surface area (Å²) in [6.07, 6.45) is 0.991. The number of methoxy groups -OCH3 is 1. The standard InChI is InChI=1S/C25H30F3NO7S/c1-24(2,12-7-9-17-10-11-19(37-17)35-15-25(26,27)28)21(31)20-18(30)14-16(36-22(20)32)8-5-4-6-13-29-23(33)34-3/h6,10-11,13-14,30H,4-5,7-9,12,15H2,1-3H3,(H,29,33)/b13-6+. The molecule has 2 aromatic rings. The van der Waals surface area contributed by atoms with E-state index in [2.05, 4.69) is 10.1 Å². The van der Waals surface area contributed by atoms with Crippen molar-refractivity contribution >= 4 is 23.2 Å². The highest BCUT2D eigenvalue weighted by Gasteiger charge is 2.33. The average Bonchev–Trinajstić information content (AvgIpc) is 3.26. The number of carbonyl (C=O) groups excluding carboxylic acids is 2. The predicted octanol–water partition coefficient (Wildman–Crippen LogP) is 5.77. The molecule has 0 aliphatic rings. The molecule has 0 aliphatic carbocycles. The molecule has 0 saturated carbocycles. The molecule has 0 bridgehead atoms. The molecule has 204 valence electrons. The first-order valence-electron chi connectivity index (χ1n) is 11.5. The number of allylic oxidation sites excluding steroid dienone is 1. The number of aryl methyl sites for hydroxylation is 2. The minimum absolute atomic E-state index is 0.166. The zero-order valence-corrected chi connectivity index (χ0v) is 21.6. The molecule has 0 radical (unpaired) electrons. The Kier molecular flexibility index (Phi) is 10.8. The Labute approximate surface area is 216 Å². The van der Waals surface area contributed by atoms with Crippen LogP contribution < -0.4 is 15.7 Å². The van der Waals surface area contributed by atoms with E-state index >= 15 is 0 Å². The van der Waals surface area contributed by atoms with Crippen LogP contribution in [0.3, 0.4) is 0 Å². The number of carbonyl (C=O) groups is 2. The number of Topliss-reactive ketones (excluding diaryl/α,β-unsaturated/α-hetero) is 1. The highest BCUT2D eigenvalue weighted by Crippen LogP contribution is 2.33. The van der Waals surface area contributed by atoms with Gasteiger partial charge in [-0.25, -0.2) is 9.59 Å². The van der Waals surface area contributed by atoms with Crippen LogP contribution in [0.1, 0.15) is 60.5 Å². The number of nitrogens with one attached hydrogen (secondary N) is 1. The Morgan fingerprint density at radius 3 is 2.57 bits per heavy atom. The van der Waals surface area contributed by atoms with Gasteiger partial charge in [-0.05, 0) is 44.2 Å². The summed E-state index contributed by atoms with van der Waals surface area (Å²) in [5, 5.41) is 12.9. The molecular weight excluding hydrogens is 515 g/mol. The summed E-state index contributed by atoms with van der Waals surface area (Å²) < 4.78 is 51.3. The van der Waals surface area contributed by atoms with E-state index in [0.29, 0.717) is 38.5 Å². The first kappa shape index (κ1) is 29.9. The minimum Gasteiger partial charge on any atom is -0.507 e. The van der Waals surface area contributed by atoms with Crippen LogP contribution in [0, 0.1) is 5.41 Å². The van der Waals surface area contributed by atoms with Crippen LogP contribution in [0.25, 0.3) is 0 Å². The topological polar surface area (TPSA) is 115 Å². The van der Waals surface area contributed by atoms with Crippen molar-refractivity contribution in [1.29, 1.82) is 0 Å². The number of amides is 1. The molecule has 0 atom stereocenters. The third-order valence-corrected chi connectivity index (χ3v) is 6.42. The number of alkyl halides is 3. The number of hydrogen-bond donors (Lipinski definition) is 2. The number of unbranched alkanes of at least 4 members (excludes halogenated alkanes) is 1. The second-order valence-electron chi connectivity index (χ2n) is 8.88. The predicted molar refractivity (Wildman–Crippen MR) is 131 cm³/mol. The number of hydrogen-bond acceptors (Lipinski definition) is 8. The van der Waals surface area contributed by atoms with E-state index in [-0.39, 0.29) is 10.8 Å². The second kappa shape index (κ2) is 13.3. The molecule has 12 heteroatoms. The van der Waals surface area contributed by atoms with Gasteiger partial charge in [0.15, 0.2) is 17.5 Å². The molecule has 37 heavy (non-hydrogen) atoms. The summed E-state index contributed by atoms with van der Waals surface area (Å²) in [6.45, 7) is 1.96. The van der Waals surface area contributed by atoms with Gasteiger partial charge in [0, 0.05) is 29.0 Å². The molecule has 0 aliphatic heterocycles. The Morgan fingerprint density at radius 1 is 1.19 bits per heavy atom. The lowest BCUT2D eigenvalue weighted by Crippen LogP contribution is -2.29. The second-order valence-corrected chi connectivity index (χ2v) is 10.0.